The van der Waals surface area contributed by atoms with E-state index in [-0.39, 0.29) is 11.0 Å². The molecule has 1 aromatic carbocycles. The van der Waals surface area contributed by atoms with Crippen molar-refractivity contribution in [2.24, 2.45) is 0 Å². The van der Waals surface area contributed by atoms with Crippen LogP contribution >= 0.6 is 58.6 Å². The minimum absolute atomic E-state index is 0.192. The lowest BCUT2D eigenvalue weighted by atomic mass is 10.3. The molecule has 9 heteroatoms. The zero-order valence-corrected chi connectivity index (χ0v) is 14.1. The monoisotopic (exact) mass is 373 g/mol. The molecule has 0 fully saturated rings. The molecule has 0 heterocycles. The third kappa shape index (κ3) is 6.33. The third-order valence-electron chi connectivity index (χ3n) is 2.05. The summed E-state index contributed by atoms with van der Waals surface area (Å²) in [5.41, 5.74) is 0.706. The fourth-order valence-corrected chi connectivity index (χ4v) is 1.92. The number of thiocarbonyl (C=S) groups is 1. The number of hydrogen-bond donors (Lipinski definition) is 3. The second-order valence-corrected chi connectivity index (χ2v) is 6.99. The van der Waals surface area contributed by atoms with Crippen molar-refractivity contribution in [3.05, 3.63) is 29.3 Å². The first-order chi connectivity index (χ1) is 9.18. The van der Waals surface area contributed by atoms with E-state index in [0.717, 1.165) is 0 Å². The van der Waals surface area contributed by atoms with Gasteiger partial charge in [-0.2, -0.15) is 0 Å². The van der Waals surface area contributed by atoms with Gasteiger partial charge in [0.25, 0.3) is 0 Å². The van der Waals surface area contributed by atoms with Gasteiger partial charge in [-0.3, -0.25) is 4.79 Å². The van der Waals surface area contributed by atoms with Crippen molar-refractivity contribution in [1.82, 2.24) is 10.6 Å². The molecule has 0 unspecified atom stereocenters. The van der Waals surface area contributed by atoms with Crippen molar-refractivity contribution < 1.29 is 4.79 Å². The maximum absolute atomic E-state index is 11.1. The van der Waals surface area contributed by atoms with E-state index in [0.29, 0.717) is 10.7 Å². The van der Waals surface area contributed by atoms with Crippen LogP contribution in [0.4, 0.5) is 5.69 Å². The largest absolute Gasteiger partial charge is 0.339 e. The lowest BCUT2D eigenvalue weighted by molar-refractivity contribution is -0.119. The van der Waals surface area contributed by atoms with Gasteiger partial charge in [0.15, 0.2) is 5.11 Å². The van der Waals surface area contributed by atoms with Gasteiger partial charge in [0.2, 0.25) is 9.70 Å². The van der Waals surface area contributed by atoms with Crippen molar-refractivity contribution in [3.63, 3.8) is 0 Å². The molecule has 110 valence electrons. The number of rotatable bonds is 3. The molecule has 1 aromatic rings. The lowest BCUT2D eigenvalue weighted by Gasteiger charge is -2.27. The van der Waals surface area contributed by atoms with Crippen LogP contribution in [0.1, 0.15) is 6.92 Å². The minimum Gasteiger partial charge on any atom is -0.339 e. The maximum atomic E-state index is 11.1. The van der Waals surface area contributed by atoms with Gasteiger partial charge in [-0.25, -0.2) is 0 Å². The number of anilines is 1. The Morgan fingerprint density at radius 1 is 1.20 bits per heavy atom. The van der Waals surface area contributed by atoms with E-state index in [1.54, 1.807) is 24.3 Å². The molecule has 4 nitrogen and oxygen atoms in total. The molecule has 0 aliphatic carbocycles. The number of carbonyl (C=O) groups is 1. The predicted octanol–water partition coefficient (Wildman–Crippen LogP) is 3.46. The number of halogens is 4. The van der Waals surface area contributed by atoms with E-state index in [2.05, 4.69) is 16.0 Å². The molecular weight excluding hydrogens is 364 g/mol. The second-order valence-electron chi connectivity index (χ2n) is 3.78. The van der Waals surface area contributed by atoms with Gasteiger partial charge >= 0.3 is 0 Å². The van der Waals surface area contributed by atoms with Crippen molar-refractivity contribution in [3.8, 4) is 0 Å². The molecule has 1 atom stereocenters. The topological polar surface area (TPSA) is 53.2 Å². The quantitative estimate of drug-likeness (QED) is 0.430. The summed E-state index contributed by atoms with van der Waals surface area (Å²) in [6, 6.07) is 6.87. The molecule has 1 rings (SSSR count). The Morgan fingerprint density at radius 3 is 2.20 bits per heavy atom. The summed E-state index contributed by atoms with van der Waals surface area (Å²) in [5.74, 6) is -0.358. The molecule has 0 spiro atoms. The smallest absolute Gasteiger partial charge is 0.228 e. The average Bonchev–Trinajstić information content (AvgIpc) is 2.29. The third-order valence-corrected chi connectivity index (χ3v) is 3.18. The number of alkyl halides is 3. The first-order valence-electron chi connectivity index (χ1n) is 5.35. The zero-order chi connectivity index (χ0) is 15.3. The summed E-state index contributed by atoms with van der Waals surface area (Å²) in [7, 11) is 0. The van der Waals surface area contributed by atoms with Gasteiger partial charge in [-0.15, -0.1) is 0 Å². The summed E-state index contributed by atoms with van der Waals surface area (Å²) < 4.78 is -1.75. The summed E-state index contributed by atoms with van der Waals surface area (Å²) in [5, 5.41) is 8.84. The molecule has 0 aliphatic rings. The van der Waals surface area contributed by atoms with Gasteiger partial charge in [0.1, 0.15) is 6.17 Å². The SMILES string of the molecule is CC(=O)N[C@H](NC(=S)Nc1ccc(Cl)cc1)C(Cl)(Cl)Cl. The Hall–Kier alpha value is -0.460. The average molecular weight is 375 g/mol. The first-order valence-corrected chi connectivity index (χ1v) is 7.27. The van der Waals surface area contributed by atoms with Gasteiger partial charge in [0.05, 0.1) is 0 Å². The number of benzene rings is 1. The summed E-state index contributed by atoms with van der Waals surface area (Å²) in [6.07, 6.45) is -0.961. The molecule has 20 heavy (non-hydrogen) atoms. The van der Waals surface area contributed by atoms with Gasteiger partial charge < -0.3 is 16.0 Å². The fourth-order valence-electron chi connectivity index (χ4n) is 1.23. The maximum Gasteiger partial charge on any atom is 0.228 e. The van der Waals surface area contributed by atoms with E-state index in [1.807, 2.05) is 0 Å². The molecule has 0 aliphatic heterocycles. The Morgan fingerprint density at radius 2 is 1.75 bits per heavy atom. The summed E-state index contributed by atoms with van der Waals surface area (Å²) in [4.78, 5) is 11.1. The zero-order valence-electron chi connectivity index (χ0n) is 10.2. The number of carbonyl (C=O) groups excluding carboxylic acids is 1. The Labute approximate surface area is 142 Å². The van der Waals surface area contributed by atoms with Gasteiger partial charge in [0, 0.05) is 17.6 Å². The molecule has 0 saturated heterocycles. The first kappa shape index (κ1) is 17.6. The van der Waals surface area contributed by atoms with Crippen LogP contribution in [0.25, 0.3) is 0 Å². The van der Waals surface area contributed by atoms with Crippen LogP contribution in [0.5, 0.6) is 0 Å². The van der Waals surface area contributed by atoms with E-state index in [4.69, 9.17) is 58.6 Å². The van der Waals surface area contributed by atoms with E-state index in [1.165, 1.54) is 6.92 Å². The molecule has 0 aromatic heterocycles. The molecule has 1 amide bonds. The highest BCUT2D eigenvalue weighted by molar-refractivity contribution is 7.80. The van der Waals surface area contributed by atoms with Crippen LogP contribution in [0.15, 0.2) is 24.3 Å². The predicted molar refractivity (Wildman–Crippen MR) is 88.7 cm³/mol. The summed E-state index contributed by atoms with van der Waals surface area (Å²) >= 11 is 28.1. The second kappa shape index (κ2) is 7.52. The standard InChI is InChI=1S/C11H11Cl4N3OS/c1-6(19)16-9(11(13,14)15)18-10(20)17-8-4-2-7(12)3-5-8/h2-5,9H,1H3,(H,16,19)(H2,17,18,20)/t9-/m1/s1. The van der Waals surface area contributed by atoms with Crippen molar-refractivity contribution in [1.29, 1.82) is 0 Å². The number of hydrogen-bond acceptors (Lipinski definition) is 2. The van der Waals surface area contributed by atoms with Crippen LogP contribution in [-0.4, -0.2) is 21.0 Å². The van der Waals surface area contributed by atoms with Crippen LogP contribution in [0.3, 0.4) is 0 Å². The molecule has 0 bridgehead atoms. The minimum atomic E-state index is -1.75. The fraction of sp³-hybridized carbons (Fsp3) is 0.273. The van der Waals surface area contributed by atoms with E-state index < -0.39 is 9.96 Å². The Kier molecular flexibility index (Phi) is 6.61. The highest BCUT2D eigenvalue weighted by atomic mass is 35.6. The summed E-state index contributed by atoms with van der Waals surface area (Å²) in [6.45, 7) is 1.31. The Bertz CT molecular complexity index is 489. The Balaban J connectivity index is 2.66. The molecular formula is C11H11Cl4N3OS. The van der Waals surface area contributed by atoms with Gasteiger partial charge in [-0.05, 0) is 36.5 Å². The van der Waals surface area contributed by atoms with Crippen LogP contribution in [0, 0.1) is 0 Å². The lowest BCUT2D eigenvalue weighted by Crippen LogP contribution is -2.55. The molecule has 0 radical (unpaired) electrons. The number of amides is 1. The molecule has 0 saturated carbocycles. The van der Waals surface area contributed by atoms with E-state index >= 15 is 0 Å². The van der Waals surface area contributed by atoms with E-state index in [9.17, 15) is 4.79 Å². The van der Waals surface area contributed by atoms with Crippen molar-refractivity contribution >= 4 is 75.3 Å². The highest BCUT2D eigenvalue weighted by Gasteiger charge is 2.33. The highest BCUT2D eigenvalue weighted by Crippen LogP contribution is 2.29. The van der Waals surface area contributed by atoms with Crippen molar-refractivity contribution in [2.45, 2.75) is 16.9 Å². The van der Waals surface area contributed by atoms with Crippen molar-refractivity contribution in [2.75, 3.05) is 5.32 Å². The van der Waals surface area contributed by atoms with Crippen LogP contribution in [0.2, 0.25) is 5.02 Å². The molecule has 3 N–H and O–H groups in total. The van der Waals surface area contributed by atoms with Gasteiger partial charge in [-0.1, -0.05) is 46.4 Å². The normalized spacial score (nSPS) is 12.4. The van der Waals surface area contributed by atoms with Crippen LogP contribution < -0.4 is 16.0 Å². The van der Waals surface area contributed by atoms with Crippen LogP contribution in [-0.2, 0) is 4.79 Å². The number of nitrogens with one attached hydrogen (secondary N) is 3.